The van der Waals surface area contributed by atoms with Gasteiger partial charge in [-0.1, -0.05) is 24.3 Å². The number of para-hydroxylation sites is 1. The number of benzene rings is 2. The van der Waals surface area contributed by atoms with Crippen molar-refractivity contribution in [2.24, 2.45) is 5.41 Å². The molecule has 2 fully saturated rings. The van der Waals surface area contributed by atoms with Gasteiger partial charge in [-0.25, -0.2) is 4.39 Å². The standard InChI is InChI=1S/C23H26FN3O2/c1-16-5-4-7-18(20(16)26-21(28)17-6-2-3-8-19(17)24)22(29)27-13-10-23(11-14-27)9-12-25-15-23/h2-8,25H,9-15H2,1H3,(H,26,28). The third-order valence-electron chi connectivity index (χ3n) is 6.30. The molecule has 0 saturated carbocycles. The number of hydrogen-bond acceptors (Lipinski definition) is 3. The van der Waals surface area contributed by atoms with E-state index in [1.807, 2.05) is 24.0 Å². The highest BCUT2D eigenvalue weighted by atomic mass is 19.1. The molecule has 0 atom stereocenters. The zero-order valence-electron chi connectivity index (χ0n) is 16.6. The minimum atomic E-state index is -0.585. The maximum atomic E-state index is 14.0. The van der Waals surface area contributed by atoms with Crippen molar-refractivity contribution in [3.8, 4) is 0 Å². The molecular weight excluding hydrogens is 369 g/mol. The van der Waals surface area contributed by atoms with Gasteiger partial charge in [-0.2, -0.15) is 0 Å². The number of nitrogens with one attached hydrogen (secondary N) is 2. The fraction of sp³-hybridized carbons (Fsp3) is 0.391. The zero-order chi connectivity index (χ0) is 20.4. The fourth-order valence-electron chi connectivity index (χ4n) is 4.41. The molecule has 2 aliphatic heterocycles. The molecule has 2 N–H and O–H groups in total. The minimum Gasteiger partial charge on any atom is -0.339 e. The molecule has 2 saturated heterocycles. The number of nitrogens with zero attached hydrogens (tertiary/aromatic N) is 1. The van der Waals surface area contributed by atoms with Gasteiger partial charge in [-0.15, -0.1) is 0 Å². The predicted octanol–water partition coefficient (Wildman–Crippen LogP) is 3.60. The van der Waals surface area contributed by atoms with Crippen molar-refractivity contribution >= 4 is 17.5 Å². The van der Waals surface area contributed by atoms with Crippen molar-refractivity contribution in [3.05, 3.63) is 65.0 Å². The van der Waals surface area contributed by atoms with E-state index in [1.165, 1.54) is 24.6 Å². The van der Waals surface area contributed by atoms with Crippen LogP contribution in [-0.2, 0) is 0 Å². The van der Waals surface area contributed by atoms with Crippen LogP contribution in [0.1, 0.15) is 45.5 Å². The summed E-state index contributed by atoms with van der Waals surface area (Å²) in [4.78, 5) is 27.7. The molecule has 1 spiro atoms. The second kappa shape index (κ2) is 7.95. The van der Waals surface area contributed by atoms with E-state index >= 15 is 0 Å². The van der Waals surface area contributed by atoms with Crippen LogP contribution in [0.25, 0.3) is 0 Å². The number of aryl methyl sites for hydroxylation is 1. The smallest absolute Gasteiger partial charge is 0.258 e. The summed E-state index contributed by atoms with van der Waals surface area (Å²) in [6.45, 7) is 5.36. The Labute approximate surface area is 170 Å². The highest BCUT2D eigenvalue weighted by Gasteiger charge is 2.38. The van der Waals surface area contributed by atoms with E-state index in [1.54, 1.807) is 12.1 Å². The van der Waals surface area contributed by atoms with Gasteiger partial charge < -0.3 is 15.5 Å². The normalized spacial score (nSPS) is 18.1. The largest absolute Gasteiger partial charge is 0.339 e. The molecule has 2 aromatic rings. The van der Waals surface area contributed by atoms with Crippen molar-refractivity contribution in [2.45, 2.75) is 26.2 Å². The Morgan fingerprint density at radius 2 is 1.76 bits per heavy atom. The molecule has 4 rings (SSSR count). The summed E-state index contributed by atoms with van der Waals surface area (Å²) in [5.74, 6) is -1.22. The first-order valence-electron chi connectivity index (χ1n) is 10.1. The number of likely N-dealkylation sites (tertiary alicyclic amines) is 1. The van der Waals surface area contributed by atoms with E-state index in [4.69, 9.17) is 0 Å². The Balaban J connectivity index is 1.54. The monoisotopic (exact) mass is 395 g/mol. The van der Waals surface area contributed by atoms with Crippen molar-refractivity contribution < 1.29 is 14.0 Å². The summed E-state index contributed by atoms with van der Waals surface area (Å²) < 4.78 is 14.0. The molecule has 2 aliphatic rings. The molecule has 0 aliphatic carbocycles. The van der Waals surface area contributed by atoms with E-state index < -0.39 is 11.7 Å². The van der Waals surface area contributed by atoms with E-state index in [2.05, 4.69) is 10.6 Å². The lowest BCUT2D eigenvalue weighted by atomic mass is 9.77. The second-order valence-corrected chi connectivity index (χ2v) is 8.15. The number of hydrogen-bond donors (Lipinski definition) is 2. The van der Waals surface area contributed by atoms with Crippen LogP contribution in [0, 0.1) is 18.2 Å². The lowest BCUT2D eigenvalue weighted by Crippen LogP contribution is -2.44. The summed E-state index contributed by atoms with van der Waals surface area (Å²) >= 11 is 0. The number of rotatable bonds is 3. The molecule has 152 valence electrons. The van der Waals surface area contributed by atoms with Gasteiger partial charge in [0.25, 0.3) is 11.8 Å². The lowest BCUT2D eigenvalue weighted by Gasteiger charge is -2.39. The van der Waals surface area contributed by atoms with Gasteiger partial charge in [0.05, 0.1) is 16.8 Å². The molecular formula is C23H26FN3O2. The number of carbonyl (C=O) groups is 2. The van der Waals surface area contributed by atoms with Crippen molar-refractivity contribution in [1.29, 1.82) is 0 Å². The predicted molar refractivity (Wildman–Crippen MR) is 111 cm³/mol. The first-order chi connectivity index (χ1) is 14.0. The van der Waals surface area contributed by atoms with Crippen LogP contribution in [-0.4, -0.2) is 42.9 Å². The van der Waals surface area contributed by atoms with Crippen LogP contribution in [0.5, 0.6) is 0 Å². The topological polar surface area (TPSA) is 61.4 Å². The van der Waals surface area contributed by atoms with Crippen molar-refractivity contribution in [1.82, 2.24) is 10.2 Å². The first-order valence-corrected chi connectivity index (χ1v) is 10.1. The molecule has 0 bridgehead atoms. The molecule has 2 heterocycles. The quantitative estimate of drug-likeness (QED) is 0.835. The number of piperidine rings is 1. The SMILES string of the molecule is Cc1cccc(C(=O)N2CCC3(CCNC3)CC2)c1NC(=O)c1ccccc1F. The van der Waals surface area contributed by atoms with Crippen LogP contribution < -0.4 is 10.6 Å². The first kappa shape index (κ1) is 19.6. The fourth-order valence-corrected chi connectivity index (χ4v) is 4.41. The average Bonchev–Trinajstić information content (AvgIpc) is 3.18. The Morgan fingerprint density at radius 3 is 2.45 bits per heavy atom. The Hall–Kier alpha value is -2.73. The van der Waals surface area contributed by atoms with Gasteiger partial charge in [0.15, 0.2) is 0 Å². The molecule has 2 aromatic carbocycles. The average molecular weight is 395 g/mol. The number of anilines is 1. The summed E-state index contributed by atoms with van der Waals surface area (Å²) in [5, 5.41) is 6.20. The molecule has 0 radical (unpaired) electrons. The molecule has 6 heteroatoms. The summed E-state index contributed by atoms with van der Waals surface area (Å²) in [6, 6.07) is 11.2. The Kier molecular flexibility index (Phi) is 5.37. The van der Waals surface area contributed by atoms with Crippen LogP contribution in [0.3, 0.4) is 0 Å². The summed E-state index contributed by atoms with van der Waals surface area (Å²) in [7, 11) is 0. The van der Waals surface area contributed by atoms with Gasteiger partial charge in [0, 0.05) is 19.6 Å². The van der Waals surface area contributed by atoms with E-state index in [9.17, 15) is 14.0 Å². The highest BCUT2D eigenvalue weighted by Crippen LogP contribution is 2.37. The van der Waals surface area contributed by atoms with Crippen molar-refractivity contribution in [2.75, 3.05) is 31.5 Å². The van der Waals surface area contributed by atoms with E-state index in [-0.39, 0.29) is 11.5 Å². The highest BCUT2D eigenvalue weighted by molar-refractivity contribution is 6.09. The number of amides is 2. The summed E-state index contributed by atoms with van der Waals surface area (Å²) in [6.07, 6.45) is 3.16. The third kappa shape index (κ3) is 3.90. The molecule has 0 aromatic heterocycles. The van der Waals surface area contributed by atoms with Crippen LogP contribution in [0.2, 0.25) is 0 Å². The van der Waals surface area contributed by atoms with Gasteiger partial charge >= 0.3 is 0 Å². The Bertz CT molecular complexity index is 927. The maximum absolute atomic E-state index is 14.0. The molecule has 5 nitrogen and oxygen atoms in total. The molecule has 0 unspecified atom stereocenters. The summed E-state index contributed by atoms with van der Waals surface area (Å²) in [5.41, 5.74) is 1.96. The Morgan fingerprint density at radius 1 is 1.03 bits per heavy atom. The maximum Gasteiger partial charge on any atom is 0.258 e. The minimum absolute atomic E-state index is 0.0391. The van der Waals surface area contributed by atoms with Gasteiger partial charge in [-0.05, 0) is 61.9 Å². The van der Waals surface area contributed by atoms with Crippen LogP contribution in [0.15, 0.2) is 42.5 Å². The van der Waals surface area contributed by atoms with E-state index in [0.717, 1.165) is 44.6 Å². The van der Waals surface area contributed by atoms with Crippen LogP contribution >= 0.6 is 0 Å². The van der Waals surface area contributed by atoms with Crippen molar-refractivity contribution in [3.63, 3.8) is 0 Å². The van der Waals surface area contributed by atoms with Gasteiger partial charge in [0.2, 0.25) is 0 Å². The van der Waals surface area contributed by atoms with E-state index in [0.29, 0.717) is 16.7 Å². The molecule has 2 amide bonds. The zero-order valence-corrected chi connectivity index (χ0v) is 16.6. The number of carbonyl (C=O) groups excluding carboxylic acids is 2. The third-order valence-corrected chi connectivity index (χ3v) is 6.30. The van der Waals surface area contributed by atoms with Gasteiger partial charge in [-0.3, -0.25) is 9.59 Å². The second-order valence-electron chi connectivity index (χ2n) is 8.15. The lowest BCUT2D eigenvalue weighted by molar-refractivity contribution is 0.0608. The van der Waals surface area contributed by atoms with Crippen LogP contribution in [0.4, 0.5) is 10.1 Å². The number of halogens is 1. The molecule has 29 heavy (non-hydrogen) atoms. The van der Waals surface area contributed by atoms with Gasteiger partial charge in [0.1, 0.15) is 5.82 Å².